The summed E-state index contributed by atoms with van der Waals surface area (Å²) in [5, 5.41) is 4.06. The molecule has 2 aromatic rings. The van der Waals surface area contributed by atoms with E-state index in [0.29, 0.717) is 24.2 Å². The molecule has 5 nitrogen and oxygen atoms in total. The molecule has 0 aliphatic heterocycles. The monoisotopic (exact) mass is 313 g/mol. The normalized spacial score (nSPS) is 10.7. The number of rotatable bonds is 4. The van der Waals surface area contributed by atoms with Crippen molar-refractivity contribution in [2.24, 2.45) is 0 Å². The summed E-state index contributed by atoms with van der Waals surface area (Å²) in [5.74, 6) is -0.0985. The molecule has 0 fully saturated rings. The van der Waals surface area contributed by atoms with E-state index in [4.69, 9.17) is 0 Å². The van der Waals surface area contributed by atoms with E-state index in [1.165, 1.54) is 17.1 Å². The van der Waals surface area contributed by atoms with Gasteiger partial charge in [0.25, 0.3) is 0 Å². The van der Waals surface area contributed by atoms with E-state index < -0.39 is 0 Å². The summed E-state index contributed by atoms with van der Waals surface area (Å²) in [5.41, 5.74) is 4.13. The van der Waals surface area contributed by atoms with E-state index in [1.54, 1.807) is 4.90 Å². The standard InChI is InChI=1S/C18H23N3O2/c1-6-20(7-2)18(23)21-11-15(10-19-21)17(22)16-13(4)8-12(3)9-14(16)5/h8-11H,6-7H2,1-5H3. The maximum atomic E-state index is 12.8. The summed E-state index contributed by atoms with van der Waals surface area (Å²) in [4.78, 5) is 26.7. The van der Waals surface area contributed by atoms with Gasteiger partial charge in [-0.3, -0.25) is 4.79 Å². The summed E-state index contributed by atoms with van der Waals surface area (Å²) < 4.78 is 1.24. The number of aromatic nitrogens is 2. The Morgan fingerprint density at radius 3 is 2.17 bits per heavy atom. The molecule has 0 bridgehead atoms. The molecule has 0 atom stereocenters. The van der Waals surface area contributed by atoms with Crippen LogP contribution in [0.3, 0.4) is 0 Å². The number of hydrogen-bond acceptors (Lipinski definition) is 3. The Balaban J connectivity index is 2.34. The zero-order valence-corrected chi connectivity index (χ0v) is 14.4. The first-order valence-corrected chi connectivity index (χ1v) is 7.85. The van der Waals surface area contributed by atoms with Gasteiger partial charge in [-0.2, -0.15) is 9.78 Å². The van der Waals surface area contributed by atoms with Gasteiger partial charge < -0.3 is 4.90 Å². The summed E-state index contributed by atoms with van der Waals surface area (Å²) in [7, 11) is 0. The molecule has 0 N–H and O–H groups in total. The first-order valence-electron chi connectivity index (χ1n) is 7.85. The lowest BCUT2D eigenvalue weighted by Crippen LogP contribution is -2.34. The minimum Gasteiger partial charge on any atom is -0.323 e. The Labute approximate surface area is 136 Å². The molecule has 1 aromatic heterocycles. The van der Waals surface area contributed by atoms with Crippen LogP contribution in [0.5, 0.6) is 0 Å². The Morgan fingerprint density at radius 1 is 1.09 bits per heavy atom. The zero-order valence-electron chi connectivity index (χ0n) is 14.4. The quantitative estimate of drug-likeness (QED) is 0.813. The Morgan fingerprint density at radius 2 is 1.65 bits per heavy atom. The summed E-state index contributed by atoms with van der Waals surface area (Å²) in [6, 6.07) is 3.77. The predicted molar refractivity (Wildman–Crippen MR) is 90.0 cm³/mol. The third-order valence-corrected chi connectivity index (χ3v) is 3.98. The number of carbonyl (C=O) groups is 2. The van der Waals surface area contributed by atoms with Gasteiger partial charge in [0.15, 0.2) is 5.78 Å². The summed E-state index contributed by atoms with van der Waals surface area (Å²) in [6.45, 7) is 10.9. The van der Waals surface area contributed by atoms with Crippen molar-refractivity contribution in [2.45, 2.75) is 34.6 Å². The van der Waals surface area contributed by atoms with Gasteiger partial charge in [0.1, 0.15) is 0 Å². The maximum Gasteiger partial charge on any atom is 0.344 e. The Bertz CT molecular complexity index is 719. The van der Waals surface area contributed by atoms with Gasteiger partial charge in [-0.1, -0.05) is 17.7 Å². The lowest BCUT2D eigenvalue weighted by Gasteiger charge is -2.17. The minimum absolute atomic E-state index is 0.0985. The van der Waals surface area contributed by atoms with E-state index in [9.17, 15) is 9.59 Å². The largest absolute Gasteiger partial charge is 0.344 e. The molecule has 0 radical (unpaired) electrons. The number of ketones is 1. The van der Waals surface area contributed by atoms with Gasteiger partial charge in [0, 0.05) is 24.8 Å². The van der Waals surface area contributed by atoms with Crippen molar-refractivity contribution in [3.8, 4) is 0 Å². The van der Waals surface area contributed by atoms with Crippen molar-refractivity contribution >= 4 is 11.8 Å². The lowest BCUT2D eigenvalue weighted by atomic mass is 9.94. The average molecular weight is 313 g/mol. The molecule has 0 aliphatic carbocycles. The van der Waals surface area contributed by atoms with E-state index in [-0.39, 0.29) is 11.8 Å². The molecule has 1 heterocycles. The average Bonchev–Trinajstić information content (AvgIpc) is 2.97. The summed E-state index contributed by atoms with van der Waals surface area (Å²) >= 11 is 0. The first kappa shape index (κ1) is 16.9. The van der Waals surface area contributed by atoms with Gasteiger partial charge in [-0.25, -0.2) is 4.79 Å². The number of amides is 1. The van der Waals surface area contributed by atoms with Crippen LogP contribution in [0.25, 0.3) is 0 Å². The van der Waals surface area contributed by atoms with E-state index in [1.807, 2.05) is 46.8 Å². The molecule has 122 valence electrons. The molecular formula is C18H23N3O2. The van der Waals surface area contributed by atoms with Crippen LogP contribution in [-0.2, 0) is 0 Å². The maximum absolute atomic E-state index is 12.8. The molecule has 5 heteroatoms. The molecule has 23 heavy (non-hydrogen) atoms. The molecule has 0 unspecified atom stereocenters. The highest BCUT2D eigenvalue weighted by Gasteiger charge is 2.19. The van der Waals surface area contributed by atoms with E-state index in [0.717, 1.165) is 16.7 Å². The van der Waals surface area contributed by atoms with Gasteiger partial charge in [0.2, 0.25) is 0 Å². The minimum atomic E-state index is -0.216. The van der Waals surface area contributed by atoms with Crippen molar-refractivity contribution in [1.82, 2.24) is 14.7 Å². The molecular weight excluding hydrogens is 290 g/mol. The fourth-order valence-corrected chi connectivity index (χ4v) is 2.87. The van der Waals surface area contributed by atoms with Gasteiger partial charge in [0.05, 0.1) is 11.8 Å². The van der Waals surface area contributed by atoms with Crippen LogP contribution in [0, 0.1) is 20.8 Å². The second-order valence-corrected chi connectivity index (χ2v) is 5.73. The predicted octanol–water partition coefficient (Wildman–Crippen LogP) is 3.35. The van der Waals surface area contributed by atoms with Crippen molar-refractivity contribution in [3.63, 3.8) is 0 Å². The lowest BCUT2D eigenvalue weighted by molar-refractivity contribution is 0.103. The van der Waals surface area contributed by atoms with Gasteiger partial charge in [-0.15, -0.1) is 0 Å². The Kier molecular flexibility index (Phi) is 4.98. The number of benzene rings is 1. The molecule has 0 saturated carbocycles. The van der Waals surface area contributed by atoms with Crippen LogP contribution in [0.15, 0.2) is 24.5 Å². The van der Waals surface area contributed by atoms with Crippen LogP contribution in [0.4, 0.5) is 4.79 Å². The molecule has 2 rings (SSSR count). The molecule has 1 amide bonds. The van der Waals surface area contributed by atoms with Crippen LogP contribution in [0.2, 0.25) is 0 Å². The molecule has 0 aliphatic rings. The van der Waals surface area contributed by atoms with Crippen molar-refractivity contribution in [3.05, 3.63) is 52.3 Å². The highest BCUT2D eigenvalue weighted by molar-refractivity contribution is 6.10. The topological polar surface area (TPSA) is 55.2 Å². The smallest absolute Gasteiger partial charge is 0.323 e. The second-order valence-electron chi connectivity index (χ2n) is 5.73. The third-order valence-electron chi connectivity index (χ3n) is 3.98. The number of aryl methyl sites for hydroxylation is 3. The van der Waals surface area contributed by atoms with Crippen LogP contribution >= 0.6 is 0 Å². The fraction of sp³-hybridized carbons (Fsp3) is 0.389. The number of carbonyl (C=O) groups excluding carboxylic acids is 2. The van der Waals surface area contributed by atoms with Crippen molar-refractivity contribution < 1.29 is 9.59 Å². The highest BCUT2D eigenvalue weighted by Crippen LogP contribution is 2.20. The SMILES string of the molecule is CCN(CC)C(=O)n1cc(C(=O)c2c(C)cc(C)cc2C)cn1. The summed E-state index contributed by atoms with van der Waals surface area (Å²) in [6.07, 6.45) is 2.98. The second kappa shape index (κ2) is 6.77. The molecule has 0 spiro atoms. The van der Waals surface area contributed by atoms with Crippen LogP contribution < -0.4 is 0 Å². The van der Waals surface area contributed by atoms with E-state index in [2.05, 4.69) is 5.10 Å². The van der Waals surface area contributed by atoms with Crippen LogP contribution in [-0.4, -0.2) is 39.6 Å². The van der Waals surface area contributed by atoms with E-state index >= 15 is 0 Å². The van der Waals surface area contributed by atoms with Crippen molar-refractivity contribution in [1.29, 1.82) is 0 Å². The molecule has 1 aromatic carbocycles. The van der Waals surface area contributed by atoms with Crippen molar-refractivity contribution in [2.75, 3.05) is 13.1 Å². The molecule has 0 saturated heterocycles. The Hall–Kier alpha value is -2.43. The fourth-order valence-electron chi connectivity index (χ4n) is 2.87. The number of nitrogens with zero attached hydrogens (tertiary/aromatic N) is 3. The number of hydrogen-bond donors (Lipinski definition) is 0. The highest BCUT2D eigenvalue weighted by atomic mass is 16.2. The van der Waals surface area contributed by atoms with Gasteiger partial charge >= 0.3 is 6.03 Å². The zero-order chi connectivity index (χ0) is 17.1. The third kappa shape index (κ3) is 3.33. The first-order chi connectivity index (χ1) is 10.9. The van der Waals surface area contributed by atoms with Gasteiger partial charge in [-0.05, 0) is 45.7 Å². The van der Waals surface area contributed by atoms with Crippen LogP contribution in [0.1, 0.15) is 46.5 Å².